The summed E-state index contributed by atoms with van der Waals surface area (Å²) in [5.74, 6) is 0. The number of furan rings is 1. The summed E-state index contributed by atoms with van der Waals surface area (Å²) < 4.78 is 11.2. The molecular weight excluding hydrogens is 677 g/mol. The summed E-state index contributed by atoms with van der Waals surface area (Å²) in [5.41, 5.74) is 14.0. The van der Waals surface area contributed by atoms with E-state index in [9.17, 15) is 0 Å². The Morgan fingerprint density at radius 2 is 1.19 bits per heavy atom. The Balaban J connectivity index is 1.09. The van der Waals surface area contributed by atoms with E-state index < -0.39 is 0 Å². The first-order valence-electron chi connectivity index (χ1n) is 18.5. The van der Waals surface area contributed by atoms with Crippen molar-refractivity contribution in [1.82, 2.24) is 0 Å². The third-order valence-electron chi connectivity index (χ3n) is 11.4. The third-order valence-corrected chi connectivity index (χ3v) is 12.7. The lowest BCUT2D eigenvalue weighted by Gasteiger charge is -2.25. The largest absolute Gasteiger partial charge is 0.455 e. The van der Waals surface area contributed by atoms with Gasteiger partial charge in [0, 0.05) is 72.7 Å². The highest BCUT2D eigenvalue weighted by atomic mass is 32.1. The number of rotatable bonds is 5. The molecule has 3 nitrogen and oxygen atoms in total. The Bertz CT molecular complexity index is 3060. The number of para-hydroxylation sites is 3. The van der Waals surface area contributed by atoms with E-state index in [-0.39, 0.29) is 5.41 Å². The Hall–Kier alpha value is -6.49. The van der Waals surface area contributed by atoms with Gasteiger partial charge >= 0.3 is 0 Å². The van der Waals surface area contributed by atoms with Crippen molar-refractivity contribution in [2.45, 2.75) is 19.3 Å². The Labute approximate surface area is 317 Å². The molecule has 54 heavy (non-hydrogen) atoms. The molecule has 0 spiro atoms. The zero-order valence-corrected chi connectivity index (χ0v) is 30.8. The van der Waals surface area contributed by atoms with Gasteiger partial charge in [0.2, 0.25) is 5.69 Å². The van der Waals surface area contributed by atoms with Crippen LogP contribution >= 0.6 is 11.3 Å². The zero-order valence-electron chi connectivity index (χ0n) is 30.0. The monoisotopic (exact) mass is 711 g/mol. The molecule has 0 N–H and O–H groups in total. The second-order valence-electron chi connectivity index (χ2n) is 14.8. The van der Waals surface area contributed by atoms with Gasteiger partial charge in [0.05, 0.1) is 16.1 Å². The van der Waals surface area contributed by atoms with Crippen molar-refractivity contribution >= 4 is 70.5 Å². The van der Waals surface area contributed by atoms with E-state index in [0.717, 1.165) is 55.8 Å². The molecule has 0 radical (unpaired) electrons. The SMILES string of the molecule is CC1(C)c2ccccc2-c2c1ccc1c2sc2c(N(c3ccc(-c4cccc5c4oc4ccccc45)cc3)c3cc[n+](-c4ccccc4)cc3)cccc21. The molecule has 0 unspecified atom stereocenters. The van der Waals surface area contributed by atoms with Crippen molar-refractivity contribution in [2.24, 2.45) is 0 Å². The Morgan fingerprint density at radius 1 is 0.519 bits per heavy atom. The lowest BCUT2D eigenvalue weighted by Crippen LogP contribution is -2.29. The van der Waals surface area contributed by atoms with Gasteiger partial charge in [-0.05, 0) is 46.5 Å². The van der Waals surface area contributed by atoms with Crippen LogP contribution in [0.1, 0.15) is 25.0 Å². The van der Waals surface area contributed by atoms with Crippen molar-refractivity contribution < 1.29 is 8.98 Å². The zero-order chi connectivity index (χ0) is 36.0. The fraction of sp³-hybridized carbons (Fsp3) is 0.0600. The fourth-order valence-corrected chi connectivity index (χ4v) is 10.1. The molecule has 4 heteroatoms. The highest BCUT2D eigenvalue weighted by Crippen LogP contribution is 2.55. The van der Waals surface area contributed by atoms with Gasteiger partial charge in [-0.15, -0.1) is 11.3 Å². The molecule has 3 aromatic heterocycles. The molecule has 0 aliphatic heterocycles. The first kappa shape index (κ1) is 31.1. The molecule has 7 aromatic carbocycles. The molecule has 0 saturated heterocycles. The topological polar surface area (TPSA) is 20.3 Å². The number of anilines is 3. The van der Waals surface area contributed by atoms with Gasteiger partial charge in [0.1, 0.15) is 11.2 Å². The van der Waals surface area contributed by atoms with Crippen molar-refractivity contribution in [1.29, 1.82) is 0 Å². The van der Waals surface area contributed by atoms with Crippen LogP contribution in [-0.2, 0) is 5.41 Å². The van der Waals surface area contributed by atoms with Gasteiger partial charge in [-0.3, -0.25) is 0 Å². The molecule has 256 valence electrons. The quantitative estimate of drug-likeness (QED) is 0.166. The number of hydrogen-bond donors (Lipinski definition) is 0. The molecule has 0 saturated carbocycles. The van der Waals surface area contributed by atoms with E-state index in [0.29, 0.717) is 0 Å². The van der Waals surface area contributed by atoms with Gasteiger partial charge in [-0.2, -0.15) is 4.57 Å². The van der Waals surface area contributed by atoms with E-state index in [1.54, 1.807) is 0 Å². The second kappa shape index (κ2) is 11.8. The molecule has 0 atom stereocenters. The predicted octanol–water partition coefficient (Wildman–Crippen LogP) is 13.7. The summed E-state index contributed by atoms with van der Waals surface area (Å²) >= 11 is 1.92. The smallest absolute Gasteiger partial charge is 0.210 e. The maximum Gasteiger partial charge on any atom is 0.210 e. The molecular formula is C50H35N2OS+. The molecule has 0 amide bonds. The number of fused-ring (bicyclic) bond motifs is 10. The summed E-state index contributed by atoms with van der Waals surface area (Å²) in [5, 5.41) is 4.88. The van der Waals surface area contributed by atoms with Crippen molar-refractivity contribution in [3.05, 3.63) is 187 Å². The van der Waals surface area contributed by atoms with Crippen LogP contribution in [0.3, 0.4) is 0 Å². The number of thiophene rings is 1. The van der Waals surface area contributed by atoms with Gasteiger partial charge in [-0.25, -0.2) is 0 Å². The van der Waals surface area contributed by atoms with Crippen molar-refractivity contribution in [3.8, 4) is 27.9 Å². The average Bonchev–Trinajstić information content (AvgIpc) is 3.87. The highest BCUT2D eigenvalue weighted by molar-refractivity contribution is 7.27. The molecule has 1 aliphatic carbocycles. The Kier molecular flexibility index (Phi) is 6.77. The van der Waals surface area contributed by atoms with Crippen LogP contribution in [0.2, 0.25) is 0 Å². The van der Waals surface area contributed by atoms with E-state index >= 15 is 0 Å². The Morgan fingerprint density at radius 3 is 2.04 bits per heavy atom. The van der Waals surface area contributed by atoms with Gasteiger partial charge in [0.15, 0.2) is 12.4 Å². The molecule has 0 bridgehead atoms. The van der Waals surface area contributed by atoms with E-state index in [1.165, 1.54) is 42.4 Å². The molecule has 0 fully saturated rings. The minimum atomic E-state index is -0.0439. The van der Waals surface area contributed by atoms with Crippen molar-refractivity contribution in [2.75, 3.05) is 4.90 Å². The third kappa shape index (κ3) is 4.57. The maximum atomic E-state index is 6.43. The predicted molar refractivity (Wildman–Crippen MR) is 226 cm³/mol. The normalized spacial score (nSPS) is 13.1. The molecule has 10 aromatic rings. The summed E-state index contributed by atoms with van der Waals surface area (Å²) in [7, 11) is 0. The summed E-state index contributed by atoms with van der Waals surface area (Å²) in [6.07, 6.45) is 4.32. The van der Waals surface area contributed by atoms with E-state index in [1.807, 2.05) is 23.5 Å². The lowest BCUT2D eigenvalue weighted by atomic mass is 9.82. The number of hydrogen-bond acceptors (Lipinski definition) is 3. The fourth-order valence-electron chi connectivity index (χ4n) is 8.73. The summed E-state index contributed by atoms with van der Waals surface area (Å²) in [6.45, 7) is 4.72. The number of pyridine rings is 1. The first-order valence-corrected chi connectivity index (χ1v) is 19.3. The molecule has 11 rings (SSSR count). The van der Waals surface area contributed by atoms with E-state index in [2.05, 4.69) is 187 Å². The lowest BCUT2D eigenvalue weighted by molar-refractivity contribution is -0.595. The van der Waals surface area contributed by atoms with Crippen LogP contribution in [0, 0.1) is 0 Å². The van der Waals surface area contributed by atoms with E-state index in [4.69, 9.17) is 4.42 Å². The second-order valence-corrected chi connectivity index (χ2v) is 15.8. The van der Waals surface area contributed by atoms with Crippen LogP contribution in [0.5, 0.6) is 0 Å². The van der Waals surface area contributed by atoms with Gasteiger partial charge < -0.3 is 9.32 Å². The highest BCUT2D eigenvalue weighted by Gasteiger charge is 2.37. The minimum Gasteiger partial charge on any atom is -0.455 e. The number of aromatic nitrogens is 1. The van der Waals surface area contributed by atoms with Gasteiger partial charge in [-0.1, -0.05) is 129 Å². The van der Waals surface area contributed by atoms with Crippen LogP contribution in [0.4, 0.5) is 17.1 Å². The first-order chi connectivity index (χ1) is 26.5. The van der Waals surface area contributed by atoms with Crippen LogP contribution < -0.4 is 9.47 Å². The van der Waals surface area contributed by atoms with Crippen LogP contribution in [0.15, 0.2) is 181 Å². The average molecular weight is 712 g/mol. The number of benzene rings is 7. The molecule has 3 heterocycles. The number of nitrogens with zero attached hydrogens (tertiary/aromatic N) is 2. The van der Waals surface area contributed by atoms with Gasteiger partial charge in [0.25, 0.3) is 0 Å². The van der Waals surface area contributed by atoms with Crippen molar-refractivity contribution in [3.63, 3.8) is 0 Å². The summed E-state index contributed by atoms with van der Waals surface area (Å²) in [4.78, 5) is 2.41. The maximum absolute atomic E-state index is 6.43. The summed E-state index contributed by atoms with van der Waals surface area (Å²) in [6, 6.07) is 59.1. The molecule has 1 aliphatic rings. The van der Waals surface area contributed by atoms with Crippen LogP contribution in [-0.4, -0.2) is 0 Å². The van der Waals surface area contributed by atoms with Crippen LogP contribution in [0.25, 0.3) is 70.1 Å². The minimum absolute atomic E-state index is 0.0439. The standard InChI is InChI=1S/C50H35N2OS/c1-50(2)42-19-8-6-15-41(42)46-43(50)27-26-40-39-18-11-20-44(48(39)54-49(40)46)52(35-28-30-51(31-29-35)33-12-4-3-5-13-33)34-24-22-32(23-25-34)36-16-10-17-38-37-14-7-9-21-45(37)53-47(36)38/h3-31H,1-2H3/q+1.